The molecule has 0 unspecified atom stereocenters. The fourth-order valence-electron chi connectivity index (χ4n) is 2.75. The highest BCUT2D eigenvalue weighted by Gasteiger charge is 2.07. The Labute approximate surface area is 161 Å². The number of unbranched alkanes of at least 4 members (excludes halogenated alkanes) is 2. The lowest BCUT2D eigenvalue weighted by Gasteiger charge is -2.07. The summed E-state index contributed by atoms with van der Waals surface area (Å²) in [6, 6.07) is 6.62. The summed E-state index contributed by atoms with van der Waals surface area (Å²) in [7, 11) is 0. The molecule has 2 aromatic rings. The number of hydrogen-bond acceptors (Lipinski definition) is 5. The molecule has 150 valence electrons. The Bertz CT molecular complexity index is 919. The second-order valence-electron chi connectivity index (χ2n) is 6.56. The third kappa shape index (κ3) is 6.86. The van der Waals surface area contributed by atoms with Gasteiger partial charge in [0.1, 0.15) is 5.58 Å². The van der Waals surface area contributed by atoms with E-state index >= 15 is 0 Å². The zero-order valence-electron chi connectivity index (χ0n) is 15.7. The molecular weight excluding hydrogens is 364 g/mol. The van der Waals surface area contributed by atoms with Crippen molar-refractivity contribution >= 4 is 34.4 Å². The molecule has 0 saturated heterocycles. The lowest BCUT2D eigenvalue weighted by atomic mass is 10.1. The summed E-state index contributed by atoms with van der Waals surface area (Å²) in [6.45, 7) is 2.29. The molecule has 0 aliphatic heterocycles. The summed E-state index contributed by atoms with van der Waals surface area (Å²) in [5.41, 5.74) is 1.39. The van der Waals surface area contributed by atoms with Crippen molar-refractivity contribution in [3.05, 3.63) is 40.2 Å². The van der Waals surface area contributed by atoms with E-state index < -0.39 is 11.6 Å². The van der Waals surface area contributed by atoms with Crippen LogP contribution in [0.5, 0.6) is 0 Å². The molecule has 0 bridgehead atoms. The van der Waals surface area contributed by atoms with Crippen LogP contribution in [0.3, 0.4) is 0 Å². The number of aryl methyl sites for hydroxylation is 1. The molecule has 1 aromatic carbocycles. The first kappa shape index (κ1) is 21.1. The molecule has 0 aliphatic rings. The van der Waals surface area contributed by atoms with Gasteiger partial charge in [0.05, 0.1) is 6.42 Å². The number of carboxylic acid groups (broad SMARTS) is 1. The number of carbonyl (C=O) groups excluding carboxylic acids is 2. The third-order valence-electron chi connectivity index (χ3n) is 4.20. The highest BCUT2D eigenvalue weighted by Crippen LogP contribution is 2.21. The Hall–Kier alpha value is -3.16. The fourth-order valence-corrected chi connectivity index (χ4v) is 2.75. The topological polar surface area (TPSA) is 126 Å². The normalized spacial score (nSPS) is 10.6. The molecule has 0 fully saturated rings. The Morgan fingerprint density at radius 1 is 1.00 bits per heavy atom. The predicted octanol–water partition coefficient (Wildman–Crippen LogP) is 2.58. The van der Waals surface area contributed by atoms with Gasteiger partial charge in [-0.2, -0.15) is 0 Å². The summed E-state index contributed by atoms with van der Waals surface area (Å²) in [5, 5.41) is 14.8. The van der Waals surface area contributed by atoms with Gasteiger partial charge in [-0.05, 0) is 37.5 Å². The fraction of sp³-hybridized carbons (Fsp3) is 0.400. The SMILES string of the molecule is Cc1cc(=O)oc2cc(NC(=O)CCCCCNC(=O)CCC(=O)O)ccc12. The minimum atomic E-state index is -0.996. The number of anilines is 1. The van der Waals surface area contributed by atoms with E-state index in [1.807, 2.05) is 6.92 Å². The molecular formula is C20H24N2O6. The quantitative estimate of drug-likeness (QED) is 0.424. The number of rotatable bonds is 10. The zero-order valence-corrected chi connectivity index (χ0v) is 15.7. The number of benzene rings is 1. The summed E-state index contributed by atoms with van der Waals surface area (Å²) < 4.78 is 5.17. The van der Waals surface area contributed by atoms with Crippen molar-refractivity contribution in [3.63, 3.8) is 0 Å². The van der Waals surface area contributed by atoms with Crippen molar-refractivity contribution in [3.8, 4) is 0 Å². The number of fused-ring (bicyclic) bond motifs is 1. The largest absolute Gasteiger partial charge is 0.481 e. The maximum Gasteiger partial charge on any atom is 0.336 e. The van der Waals surface area contributed by atoms with Crippen molar-refractivity contribution in [2.45, 2.75) is 45.4 Å². The third-order valence-corrected chi connectivity index (χ3v) is 4.20. The van der Waals surface area contributed by atoms with E-state index in [1.165, 1.54) is 6.07 Å². The van der Waals surface area contributed by atoms with Crippen LogP contribution in [0.25, 0.3) is 11.0 Å². The van der Waals surface area contributed by atoms with Gasteiger partial charge in [-0.1, -0.05) is 6.42 Å². The van der Waals surface area contributed by atoms with Gasteiger partial charge in [0.15, 0.2) is 0 Å². The van der Waals surface area contributed by atoms with Crippen LogP contribution in [0.4, 0.5) is 5.69 Å². The molecule has 8 nitrogen and oxygen atoms in total. The Morgan fingerprint density at radius 2 is 1.79 bits per heavy atom. The van der Waals surface area contributed by atoms with E-state index in [-0.39, 0.29) is 24.7 Å². The van der Waals surface area contributed by atoms with E-state index in [1.54, 1.807) is 18.2 Å². The van der Waals surface area contributed by atoms with E-state index in [0.717, 1.165) is 17.4 Å². The van der Waals surface area contributed by atoms with Crippen LogP contribution in [-0.4, -0.2) is 29.4 Å². The zero-order chi connectivity index (χ0) is 20.5. The molecule has 28 heavy (non-hydrogen) atoms. The van der Waals surface area contributed by atoms with Gasteiger partial charge < -0.3 is 20.2 Å². The summed E-state index contributed by atoms with van der Waals surface area (Å²) in [4.78, 5) is 45.2. The summed E-state index contributed by atoms with van der Waals surface area (Å²) >= 11 is 0. The lowest BCUT2D eigenvalue weighted by Crippen LogP contribution is -2.24. The monoisotopic (exact) mass is 388 g/mol. The van der Waals surface area contributed by atoms with Gasteiger partial charge in [0.25, 0.3) is 0 Å². The minimum absolute atomic E-state index is 0.0247. The molecule has 0 saturated carbocycles. The minimum Gasteiger partial charge on any atom is -0.481 e. The average molecular weight is 388 g/mol. The van der Waals surface area contributed by atoms with Crippen LogP contribution in [-0.2, 0) is 14.4 Å². The van der Waals surface area contributed by atoms with Gasteiger partial charge in [-0.15, -0.1) is 0 Å². The summed E-state index contributed by atoms with van der Waals surface area (Å²) in [5.74, 6) is -1.41. The first-order valence-electron chi connectivity index (χ1n) is 9.18. The van der Waals surface area contributed by atoms with Crippen LogP contribution in [0.15, 0.2) is 33.5 Å². The Balaban J connectivity index is 1.69. The first-order valence-corrected chi connectivity index (χ1v) is 9.18. The first-order chi connectivity index (χ1) is 13.3. The standard InChI is InChI=1S/C20H24N2O6/c1-13-11-20(27)28-16-12-14(6-7-15(13)16)22-18(24)5-3-2-4-10-21-17(23)8-9-19(25)26/h6-7,11-12H,2-5,8-10H2,1H3,(H,21,23)(H,22,24)(H,25,26). The number of amides is 2. The van der Waals surface area contributed by atoms with Crippen LogP contribution >= 0.6 is 0 Å². The maximum atomic E-state index is 12.0. The van der Waals surface area contributed by atoms with Gasteiger partial charge in [0.2, 0.25) is 11.8 Å². The van der Waals surface area contributed by atoms with Crippen molar-refractivity contribution in [2.75, 3.05) is 11.9 Å². The van der Waals surface area contributed by atoms with E-state index in [2.05, 4.69) is 10.6 Å². The van der Waals surface area contributed by atoms with Gasteiger partial charge in [-0.25, -0.2) is 4.79 Å². The van der Waals surface area contributed by atoms with Crippen LogP contribution in [0.1, 0.15) is 44.1 Å². The molecule has 0 aliphatic carbocycles. The number of nitrogens with one attached hydrogen (secondary N) is 2. The smallest absolute Gasteiger partial charge is 0.336 e. The molecule has 1 heterocycles. The van der Waals surface area contributed by atoms with Crippen molar-refractivity contribution < 1.29 is 23.9 Å². The Morgan fingerprint density at radius 3 is 2.54 bits per heavy atom. The van der Waals surface area contributed by atoms with Crippen LogP contribution in [0.2, 0.25) is 0 Å². The molecule has 2 rings (SSSR count). The van der Waals surface area contributed by atoms with Crippen molar-refractivity contribution in [2.24, 2.45) is 0 Å². The van der Waals surface area contributed by atoms with Crippen LogP contribution < -0.4 is 16.3 Å². The van der Waals surface area contributed by atoms with Gasteiger partial charge >= 0.3 is 11.6 Å². The number of carboxylic acids is 1. The van der Waals surface area contributed by atoms with Crippen molar-refractivity contribution in [1.82, 2.24) is 5.32 Å². The highest BCUT2D eigenvalue weighted by molar-refractivity contribution is 5.93. The van der Waals surface area contributed by atoms with Gasteiger partial charge in [0, 0.05) is 42.6 Å². The molecule has 0 spiro atoms. The lowest BCUT2D eigenvalue weighted by molar-refractivity contribution is -0.138. The number of hydrogen-bond donors (Lipinski definition) is 3. The second kappa shape index (κ2) is 10.2. The van der Waals surface area contributed by atoms with E-state index in [0.29, 0.717) is 37.1 Å². The highest BCUT2D eigenvalue weighted by atomic mass is 16.4. The molecule has 0 radical (unpaired) electrons. The number of aliphatic carboxylic acids is 1. The average Bonchev–Trinajstić information content (AvgIpc) is 2.62. The van der Waals surface area contributed by atoms with E-state index in [9.17, 15) is 19.2 Å². The van der Waals surface area contributed by atoms with Crippen molar-refractivity contribution in [1.29, 1.82) is 0 Å². The summed E-state index contributed by atoms with van der Waals surface area (Å²) in [6.07, 6.45) is 2.28. The molecule has 8 heteroatoms. The Kier molecular flexibility index (Phi) is 7.74. The van der Waals surface area contributed by atoms with E-state index in [4.69, 9.17) is 9.52 Å². The van der Waals surface area contributed by atoms with Crippen LogP contribution in [0, 0.1) is 6.92 Å². The molecule has 0 atom stereocenters. The maximum absolute atomic E-state index is 12.0. The van der Waals surface area contributed by atoms with Gasteiger partial charge in [-0.3, -0.25) is 14.4 Å². The molecule has 1 aromatic heterocycles. The second-order valence-corrected chi connectivity index (χ2v) is 6.56. The molecule has 3 N–H and O–H groups in total. The number of carbonyl (C=O) groups is 3. The molecule has 2 amide bonds. The predicted molar refractivity (Wildman–Crippen MR) is 104 cm³/mol.